The molecule has 0 bridgehead atoms. The number of anilines is 2. The van der Waals surface area contributed by atoms with Gasteiger partial charge in [-0.15, -0.1) is 0 Å². The van der Waals surface area contributed by atoms with Crippen LogP contribution in [0.25, 0.3) is 0 Å². The largest absolute Gasteiger partial charge is 0.378 e. The van der Waals surface area contributed by atoms with Crippen molar-refractivity contribution >= 4 is 11.6 Å². The van der Waals surface area contributed by atoms with Crippen LogP contribution in [0.15, 0.2) is 42.7 Å². The first kappa shape index (κ1) is 18.2. The number of aromatic nitrogens is 2. The van der Waals surface area contributed by atoms with Gasteiger partial charge in [-0.2, -0.15) is 0 Å². The summed E-state index contributed by atoms with van der Waals surface area (Å²) in [6.07, 6.45) is 6.76. The van der Waals surface area contributed by atoms with Crippen LogP contribution in [-0.4, -0.2) is 60.3 Å². The molecule has 0 radical (unpaired) electrons. The lowest BCUT2D eigenvalue weighted by atomic mass is 9.87. The average Bonchev–Trinajstić information content (AvgIpc) is 3.07. The molecule has 6 nitrogen and oxygen atoms in total. The quantitative estimate of drug-likeness (QED) is 0.877. The highest BCUT2D eigenvalue weighted by Gasteiger charge is 2.42. The van der Waals surface area contributed by atoms with Crippen LogP contribution in [0.5, 0.6) is 0 Å². The van der Waals surface area contributed by atoms with E-state index in [2.05, 4.69) is 63.4 Å². The van der Waals surface area contributed by atoms with Gasteiger partial charge in [-0.05, 0) is 43.0 Å². The van der Waals surface area contributed by atoms with Crippen LogP contribution in [0.1, 0.15) is 24.8 Å². The number of nitrogens with one attached hydrogen (secondary N) is 1. The molecule has 0 unspecified atom stereocenters. The number of hydrogen-bond acceptors (Lipinski definition) is 6. The van der Waals surface area contributed by atoms with E-state index >= 15 is 0 Å². The Balaban J connectivity index is 1.27. The zero-order chi connectivity index (χ0) is 18.7. The number of benzene rings is 1. The van der Waals surface area contributed by atoms with Crippen molar-refractivity contribution in [3.05, 3.63) is 48.3 Å². The second-order valence-corrected chi connectivity index (χ2v) is 7.95. The number of ether oxygens (including phenoxy) is 1. The highest BCUT2D eigenvalue weighted by atomic mass is 16.5. The molecule has 0 aliphatic carbocycles. The fraction of sp³-hybridized carbons (Fsp3) is 0.524. The number of nitrogens with zero attached hydrogens (tertiary/aromatic N) is 4. The van der Waals surface area contributed by atoms with Gasteiger partial charge in [0.05, 0.1) is 18.2 Å². The van der Waals surface area contributed by atoms with E-state index in [1.54, 1.807) is 12.4 Å². The first-order valence-electron chi connectivity index (χ1n) is 9.78. The van der Waals surface area contributed by atoms with Crippen molar-refractivity contribution in [2.45, 2.75) is 37.5 Å². The molecule has 4 rings (SSSR count). The molecule has 6 heteroatoms. The summed E-state index contributed by atoms with van der Waals surface area (Å²) in [5.41, 5.74) is 2.65. The van der Waals surface area contributed by atoms with Gasteiger partial charge in [0.15, 0.2) is 0 Å². The molecule has 1 aromatic carbocycles. The summed E-state index contributed by atoms with van der Waals surface area (Å²) in [6.45, 7) is 3.93. The summed E-state index contributed by atoms with van der Waals surface area (Å²) in [7, 11) is 4.15. The van der Waals surface area contributed by atoms with E-state index in [9.17, 15) is 0 Å². The molecule has 2 aliphatic rings. The summed E-state index contributed by atoms with van der Waals surface area (Å²) in [5, 5.41) is 3.41. The SMILES string of the molecule is CN(C)c1ccc(CN2CCC3(CC2)C[C@@H](Nc2ncccn2)CO3)cc1. The molecule has 144 valence electrons. The molecule has 27 heavy (non-hydrogen) atoms. The van der Waals surface area contributed by atoms with Crippen molar-refractivity contribution in [1.29, 1.82) is 0 Å². The predicted molar refractivity (Wildman–Crippen MR) is 108 cm³/mol. The van der Waals surface area contributed by atoms with Gasteiger partial charge in [-0.25, -0.2) is 9.97 Å². The number of likely N-dealkylation sites (tertiary alicyclic amines) is 1. The van der Waals surface area contributed by atoms with E-state index in [1.165, 1.54) is 11.3 Å². The summed E-state index contributed by atoms with van der Waals surface area (Å²) in [4.78, 5) is 13.2. The smallest absolute Gasteiger partial charge is 0.222 e. The zero-order valence-electron chi connectivity index (χ0n) is 16.3. The zero-order valence-corrected chi connectivity index (χ0v) is 16.3. The Labute approximate surface area is 161 Å². The van der Waals surface area contributed by atoms with E-state index < -0.39 is 0 Å². The van der Waals surface area contributed by atoms with Crippen LogP contribution in [0.4, 0.5) is 11.6 Å². The Bertz CT molecular complexity index is 726. The van der Waals surface area contributed by atoms with Gasteiger partial charge >= 0.3 is 0 Å². The van der Waals surface area contributed by atoms with Gasteiger partial charge < -0.3 is 15.0 Å². The molecule has 0 saturated carbocycles. The topological polar surface area (TPSA) is 53.5 Å². The summed E-state index contributed by atoms with van der Waals surface area (Å²) < 4.78 is 6.26. The minimum atomic E-state index is 0.0255. The van der Waals surface area contributed by atoms with Crippen LogP contribution in [-0.2, 0) is 11.3 Å². The third kappa shape index (κ3) is 4.39. The van der Waals surface area contributed by atoms with Crippen molar-refractivity contribution in [2.24, 2.45) is 0 Å². The normalized spacial score (nSPS) is 22.1. The van der Waals surface area contributed by atoms with Crippen LogP contribution >= 0.6 is 0 Å². The highest BCUT2D eigenvalue weighted by molar-refractivity contribution is 5.46. The standard InChI is InChI=1S/C21H29N5O/c1-25(2)19-6-4-17(5-7-19)15-26-12-8-21(9-13-26)14-18(16-27-21)24-20-22-10-3-11-23-20/h3-7,10-11,18H,8-9,12-16H2,1-2H3,(H,22,23,24)/t18-/m1/s1. The van der Waals surface area contributed by atoms with Gasteiger partial charge in [0.2, 0.25) is 5.95 Å². The molecule has 0 amide bonds. The maximum Gasteiger partial charge on any atom is 0.222 e. The predicted octanol–water partition coefficient (Wildman–Crippen LogP) is 2.78. The Kier molecular flexibility index (Phi) is 5.27. The molecule has 2 aromatic rings. The minimum absolute atomic E-state index is 0.0255. The monoisotopic (exact) mass is 367 g/mol. The molecule has 1 aromatic heterocycles. The molecule has 3 heterocycles. The van der Waals surface area contributed by atoms with E-state index in [1.807, 2.05) is 6.07 Å². The molecule has 2 aliphatic heterocycles. The lowest BCUT2D eigenvalue weighted by molar-refractivity contribution is -0.0448. The average molecular weight is 367 g/mol. The van der Waals surface area contributed by atoms with Crippen LogP contribution in [0.3, 0.4) is 0 Å². The Hall–Kier alpha value is -2.18. The molecule has 1 N–H and O–H groups in total. The highest BCUT2D eigenvalue weighted by Crippen LogP contribution is 2.37. The number of rotatable bonds is 5. The first-order valence-corrected chi connectivity index (χ1v) is 9.78. The summed E-state index contributed by atoms with van der Waals surface area (Å²) in [5.74, 6) is 0.696. The van der Waals surface area contributed by atoms with Crippen molar-refractivity contribution in [3.8, 4) is 0 Å². The van der Waals surface area contributed by atoms with Crippen LogP contribution < -0.4 is 10.2 Å². The Morgan fingerprint density at radius 3 is 2.52 bits per heavy atom. The lowest BCUT2D eigenvalue weighted by Crippen LogP contribution is -2.44. The third-order valence-electron chi connectivity index (χ3n) is 5.73. The molecule has 1 spiro atoms. The number of hydrogen-bond donors (Lipinski definition) is 1. The molecule has 2 fully saturated rings. The van der Waals surface area contributed by atoms with E-state index in [0.29, 0.717) is 12.0 Å². The fourth-order valence-corrected chi connectivity index (χ4v) is 4.12. The minimum Gasteiger partial charge on any atom is -0.378 e. The van der Waals surface area contributed by atoms with Crippen molar-refractivity contribution < 1.29 is 4.74 Å². The van der Waals surface area contributed by atoms with Gasteiger partial charge in [0.1, 0.15) is 0 Å². The van der Waals surface area contributed by atoms with E-state index in [4.69, 9.17) is 4.74 Å². The summed E-state index contributed by atoms with van der Waals surface area (Å²) in [6, 6.07) is 11.0. The number of piperidine rings is 1. The van der Waals surface area contributed by atoms with Crippen molar-refractivity contribution in [3.63, 3.8) is 0 Å². The Morgan fingerprint density at radius 2 is 1.85 bits per heavy atom. The Morgan fingerprint density at radius 1 is 1.15 bits per heavy atom. The molecule has 2 saturated heterocycles. The third-order valence-corrected chi connectivity index (χ3v) is 5.73. The molecular formula is C21H29N5O. The lowest BCUT2D eigenvalue weighted by Gasteiger charge is -2.38. The maximum atomic E-state index is 6.26. The maximum absolute atomic E-state index is 6.26. The van der Waals surface area contributed by atoms with Crippen molar-refractivity contribution in [2.75, 3.05) is 44.0 Å². The molecule has 1 atom stereocenters. The second kappa shape index (κ2) is 7.82. The van der Waals surface area contributed by atoms with Gasteiger partial charge in [0.25, 0.3) is 0 Å². The first-order chi connectivity index (χ1) is 13.1. The van der Waals surface area contributed by atoms with Gasteiger partial charge in [-0.1, -0.05) is 12.1 Å². The fourth-order valence-electron chi connectivity index (χ4n) is 4.12. The van der Waals surface area contributed by atoms with Gasteiger partial charge in [-0.3, -0.25) is 4.90 Å². The van der Waals surface area contributed by atoms with Gasteiger partial charge in [0, 0.05) is 51.8 Å². The van der Waals surface area contributed by atoms with Crippen LogP contribution in [0, 0.1) is 0 Å². The molecular weight excluding hydrogens is 338 g/mol. The second-order valence-electron chi connectivity index (χ2n) is 7.95. The van der Waals surface area contributed by atoms with E-state index in [-0.39, 0.29) is 5.60 Å². The van der Waals surface area contributed by atoms with E-state index in [0.717, 1.165) is 45.5 Å². The summed E-state index contributed by atoms with van der Waals surface area (Å²) >= 11 is 0. The van der Waals surface area contributed by atoms with Crippen LogP contribution in [0.2, 0.25) is 0 Å². The van der Waals surface area contributed by atoms with Crippen molar-refractivity contribution in [1.82, 2.24) is 14.9 Å².